The van der Waals surface area contributed by atoms with E-state index in [2.05, 4.69) is 17.6 Å². The zero-order valence-corrected chi connectivity index (χ0v) is 17.5. The molecule has 1 aliphatic rings. The molecule has 7 heteroatoms. The van der Waals surface area contributed by atoms with Gasteiger partial charge in [0.25, 0.3) is 0 Å². The summed E-state index contributed by atoms with van der Waals surface area (Å²) in [6.45, 7) is 5.61. The fourth-order valence-corrected chi connectivity index (χ4v) is 3.38. The fraction of sp³-hybridized carbons (Fsp3) is 0.591. The first kappa shape index (κ1) is 22.7. The number of anilines is 2. The zero-order chi connectivity index (χ0) is 21.1. The summed E-state index contributed by atoms with van der Waals surface area (Å²) in [4.78, 5) is 38.0. The molecule has 0 radical (unpaired) electrons. The molecule has 0 aliphatic carbocycles. The van der Waals surface area contributed by atoms with Gasteiger partial charge in [-0.15, -0.1) is 0 Å². The van der Waals surface area contributed by atoms with Gasteiger partial charge in [-0.3, -0.25) is 14.4 Å². The number of nitrogens with zero attached hydrogens (tertiary/aromatic N) is 1. The van der Waals surface area contributed by atoms with Gasteiger partial charge in [0.05, 0.1) is 19.1 Å². The highest BCUT2D eigenvalue weighted by atomic mass is 16.5. The van der Waals surface area contributed by atoms with Crippen molar-refractivity contribution in [2.24, 2.45) is 5.92 Å². The van der Waals surface area contributed by atoms with E-state index in [0.29, 0.717) is 39.0 Å². The summed E-state index contributed by atoms with van der Waals surface area (Å²) in [5, 5.41) is 6.03. The molecule has 1 heterocycles. The smallest absolute Gasteiger partial charge is 0.309 e. The van der Waals surface area contributed by atoms with Crippen LogP contribution in [-0.4, -0.2) is 48.9 Å². The second-order valence-electron chi connectivity index (χ2n) is 7.35. The minimum atomic E-state index is -0.161. The predicted octanol–water partition coefficient (Wildman–Crippen LogP) is 3.42. The second kappa shape index (κ2) is 12.1. The number of likely N-dealkylation sites (tertiary alicyclic amines) is 1. The van der Waals surface area contributed by atoms with Crippen LogP contribution in [0.4, 0.5) is 11.4 Å². The topological polar surface area (TPSA) is 87.7 Å². The Labute approximate surface area is 173 Å². The van der Waals surface area contributed by atoms with Crippen molar-refractivity contribution in [2.45, 2.75) is 52.4 Å². The standard InChI is InChI=1S/C22H33N3O4/c1-3-5-6-10-20(26)24-19-9-7-8-18(15-19)23-16-21(27)25-13-11-17(12-14-25)22(28)29-4-2/h7-9,15,17,23H,3-6,10-14,16H2,1-2H3,(H,24,26). The van der Waals surface area contributed by atoms with Crippen LogP contribution in [0.3, 0.4) is 0 Å². The molecule has 1 saturated heterocycles. The Morgan fingerprint density at radius 2 is 1.83 bits per heavy atom. The van der Waals surface area contributed by atoms with Crippen LogP contribution in [0, 0.1) is 5.92 Å². The van der Waals surface area contributed by atoms with Crippen LogP contribution in [0.1, 0.15) is 52.4 Å². The molecule has 29 heavy (non-hydrogen) atoms. The van der Waals surface area contributed by atoms with E-state index in [1.807, 2.05) is 24.3 Å². The highest BCUT2D eigenvalue weighted by molar-refractivity contribution is 5.91. The van der Waals surface area contributed by atoms with Gasteiger partial charge in [0.1, 0.15) is 0 Å². The number of benzene rings is 1. The van der Waals surface area contributed by atoms with Crippen LogP contribution in [0.25, 0.3) is 0 Å². The Morgan fingerprint density at radius 1 is 1.10 bits per heavy atom. The summed E-state index contributed by atoms with van der Waals surface area (Å²) in [7, 11) is 0. The third-order valence-electron chi connectivity index (χ3n) is 5.07. The minimum absolute atomic E-state index is 0.00122. The van der Waals surface area contributed by atoms with Crippen LogP contribution in [0.5, 0.6) is 0 Å². The van der Waals surface area contributed by atoms with E-state index < -0.39 is 0 Å². The lowest BCUT2D eigenvalue weighted by Gasteiger charge is -2.31. The monoisotopic (exact) mass is 403 g/mol. The number of nitrogens with one attached hydrogen (secondary N) is 2. The molecule has 0 aromatic heterocycles. The van der Waals surface area contributed by atoms with Gasteiger partial charge in [0.2, 0.25) is 11.8 Å². The maximum atomic E-state index is 12.5. The number of hydrogen-bond acceptors (Lipinski definition) is 5. The molecule has 0 spiro atoms. The van der Waals surface area contributed by atoms with Crippen molar-refractivity contribution in [3.05, 3.63) is 24.3 Å². The van der Waals surface area contributed by atoms with Crippen LogP contribution in [-0.2, 0) is 19.1 Å². The van der Waals surface area contributed by atoms with Crippen molar-refractivity contribution in [2.75, 3.05) is 36.9 Å². The van der Waals surface area contributed by atoms with Crippen molar-refractivity contribution in [1.29, 1.82) is 0 Å². The van der Waals surface area contributed by atoms with Gasteiger partial charge in [-0.25, -0.2) is 0 Å². The molecule has 1 aromatic rings. The first-order chi connectivity index (χ1) is 14.0. The van der Waals surface area contributed by atoms with E-state index in [1.165, 1.54) is 0 Å². The van der Waals surface area contributed by atoms with Crippen LogP contribution < -0.4 is 10.6 Å². The molecule has 1 fully saturated rings. The van der Waals surface area contributed by atoms with Gasteiger partial charge in [-0.05, 0) is 44.4 Å². The Morgan fingerprint density at radius 3 is 2.52 bits per heavy atom. The van der Waals surface area contributed by atoms with E-state index in [-0.39, 0.29) is 30.2 Å². The fourth-order valence-electron chi connectivity index (χ4n) is 3.38. The Bertz CT molecular complexity index is 684. The van der Waals surface area contributed by atoms with Gasteiger partial charge in [-0.2, -0.15) is 0 Å². The SMILES string of the molecule is CCCCCC(=O)Nc1cccc(NCC(=O)N2CCC(C(=O)OCC)CC2)c1. The number of rotatable bonds is 10. The molecule has 2 rings (SSSR count). The Hall–Kier alpha value is -2.57. The highest BCUT2D eigenvalue weighted by Gasteiger charge is 2.27. The molecular weight excluding hydrogens is 370 g/mol. The largest absolute Gasteiger partial charge is 0.466 e. The molecular formula is C22H33N3O4. The van der Waals surface area contributed by atoms with E-state index in [4.69, 9.17) is 4.74 Å². The quantitative estimate of drug-likeness (QED) is 0.462. The van der Waals surface area contributed by atoms with Crippen LogP contribution in [0.15, 0.2) is 24.3 Å². The molecule has 160 valence electrons. The highest BCUT2D eigenvalue weighted by Crippen LogP contribution is 2.19. The van der Waals surface area contributed by atoms with Gasteiger partial charge in [0.15, 0.2) is 0 Å². The lowest BCUT2D eigenvalue weighted by Crippen LogP contribution is -2.43. The molecule has 1 aromatic carbocycles. The van der Waals surface area contributed by atoms with E-state index in [1.54, 1.807) is 11.8 Å². The van der Waals surface area contributed by atoms with Crippen LogP contribution in [0.2, 0.25) is 0 Å². The maximum absolute atomic E-state index is 12.5. The summed E-state index contributed by atoms with van der Waals surface area (Å²) >= 11 is 0. The first-order valence-electron chi connectivity index (χ1n) is 10.6. The van der Waals surface area contributed by atoms with Crippen LogP contribution >= 0.6 is 0 Å². The second-order valence-corrected chi connectivity index (χ2v) is 7.35. The number of unbranched alkanes of at least 4 members (excludes halogenated alkanes) is 2. The number of carbonyl (C=O) groups is 3. The predicted molar refractivity (Wildman–Crippen MR) is 114 cm³/mol. The third kappa shape index (κ3) is 7.75. The van der Waals surface area contributed by atoms with E-state index in [0.717, 1.165) is 30.6 Å². The van der Waals surface area contributed by atoms with Gasteiger partial charge in [0, 0.05) is 30.9 Å². The number of esters is 1. The Kier molecular flexibility index (Phi) is 9.47. The van der Waals surface area contributed by atoms with E-state index >= 15 is 0 Å². The molecule has 0 unspecified atom stereocenters. The number of carbonyl (C=O) groups excluding carboxylic acids is 3. The van der Waals surface area contributed by atoms with Crippen molar-refractivity contribution >= 4 is 29.2 Å². The average Bonchev–Trinajstić information content (AvgIpc) is 2.73. The zero-order valence-electron chi connectivity index (χ0n) is 17.5. The number of ether oxygens (including phenoxy) is 1. The summed E-state index contributed by atoms with van der Waals surface area (Å²) < 4.78 is 5.06. The summed E-state index contributed by atoms with van der Waals surface area (Å²) in [6, 6.07) is 7.38. The van der Waals surface area contributed by atoms with Gasteiger partial charge >= 0.3 is 5.97 Å². The summed E-state index contributed by atoms with van der Waals surface area (Å²) in [6.07, 6.45) is 4.83. The molecule has 7 nitrogen and oxygen atoms in total. The molecule has 2 N–H and O–H groups in total. The van der Waals surface area contributed by atoms with Gasteiger partial charge in [-0.1, -0.05) is 25.8 Å². The normalized spacial score (nSPS) is 14.3. The molecule has 2 amide bonds. The third-order valence-corrected chi connectivity index (χ3v) is 5.07. The Balaban J connectivity index is 1.76. The molecule has 1 aliphatic heterocycles. The first-order valence-corrected chi connectivity index (χ1v) is 10.6. The van der Waals surface area contributed by atoms with Crippen molar-refractivity contribution in [3.8, 4) is 0 Å². The molecule has 0 atom stereocenters. The maximum Gasteiger partial charge on any atom is 0.309 e. The number of hydrogen-bond donors (Lipinski definition) is 2. The number of piperidine rings is 1. The van der Waals surface area contributed by atoms with Crippen molar-refractivity contribution in [3.63, 3.8) is 0 Å². The van der Waals surface area contributed by atoms with Gasteiger partial charge < -0.3 is 20.3 Å². The lowest BCUT2D eigenvalue weighted by molar-refractivity contribution is -0.151. The summed E-state index contributed by atoms with van der Waals surface area (Å²) in [5.41, 5.74) is 1.50. The van der Waals surface area contributed by atoms with Crippen molar-refractivity contribution in [1.82, 2.24) is 4.90 Å². The lowest BCUT2D eigenvalue weighted by atomic mass is 9.97. The molecule has 0 saturated carbocycles. The van der Waals surface area contributed by atoms with Crippen molar-refractivity contribution < 1.29 is 19.1 Å². The minimum Gasteiger partial charge on any atom is -0.466 e. The number of amides is 2. The molecule has 0 bridgehead atoms. The van der Waals surface area contributed by atoms with E-state index in [9.17, 15) is 14.4 Å². The average molecular weight is 404 g/mol. The summed E-state index contributed by atoms with van der Waals surface area (Å²) in [5.74, 6) is -0.256.